The monoisotopic (exact) mass is 360 g/mol. The molecule has 0 unspecified atom stereocenters. The summed E-state index contributed by atoms with van der Waals surface area (Å²) in [6, 6.07) is 3.77. The summed E-state index contributed by atoms with van der Waals surface area (Å²) in [5, 5.41) is 0. The zero-order valence-electron chi connectivity index (χ0n) is 10.8. The highest BCUT2D eigenvalue weighted by Crippen LogP contribution is 2.37. The van der Waals surface area contributed by atoms with Gasteiger partial charge in [-0.1, -0.05) is 32.4 Å². The molecule has 0 aliphatic rings. The van der Waals surface area contributed by atoms with Crippen molar-refractivity contribution in [1.82, 2.24) is 9.97 Å². The Balaban J connectivity index is 2.57. The summed E-state index contributed by atoms with van der Waals surface area (Å²) in [5.41, 5.74) is 3.42. The van der Waals surface area contributed by atoms with Crippen molar-refractivity contribution in [1.29, 1.82) is 0 Å². The van der Waals surface area contributed by atoms with Crippen LogP contribution < -0.4 is 11.3 Å². The highest BCUT2D eigenvalue weighted by molar-refractivity contribution is 9.10. The van der Waals surface area contributed by atoms with Gasteiger partial charge in [-0.15, -0.1) is 11.3 Å². The van der Waals surface area contributed by atoms with Crippen molar-refractivity contribution < 1.29 is 0 Å². The molecule has 0 atom stereocenters. The molecule has 2 aromatic heterocycles. The Labute approximate surface area is 129 Å². The lowest BCUT2D eigenvalue weighted by Gasteiger charge is -2.19. The highest BCUT2D eigenvalue weighted by Gasteiger charge is 2.19. The number of hydrogen-bond donors (Lipinski definition) is 2. The number of hydrogen-bond acceptors (Lipinski definition) is 5. The van der Waals surface area contributed by atoms with Gasteiger partial charge in [-0.3, -0.25) is 0 Å². The summed E-state index contributed by atoms with van der Waals surface area (Å²) in [4.78, 5) is 9.88. The highest BCUT2D eigenvalue weighted by atomic mass is 79.9. The number of nitrogen functional groups attached to an aromatic ring is 1. The van der Waals surface area contributed by atoms with Crippen LogP contribution in [0.1, 0.15) is 26.5 Å². The summed E-state index contributed by atoms with van der Waals surface area (Å²) >= 11 is 10.9. The van der Waals surface area contributed by atoms with Crippen molar-refractivity contribution in [3.8, 4) is 10.7 Å². The summed E-state index contributed by atoms with van der Waals surface area (Å²) in [6.07, 6.45) is 0. The molecular formula is C12H14BrClN4S. The molecule has 0 aliphatic heterocycles. The minimum absolute atomic E-state index is 0.0818. The first-order chi connectivity index (χ1) is 8.81. The molecule has 0 bridgehead atoms. The van der Waals surface area contributed by atoms with E-state index in [1.54, 1.807) is 0 Å². The fourth-order valence-corrected chi connectivity index (χ4v) is 3.11. The Kier molecular flexibility index (Phi) is 4.15. The lowest BCUT2D eigenvalue weighted by Crippen LogP contribution is -2.17. The molecule has 2 rings (SSSR count). The van der Waals surface area contributed by atoms with Gasteiger partial charge in [-0.05, 0) is 22.0 Å². The van der Waals surface area contributed by atoms with Crippen LogP contribution >= 0.6 is 38.9 Å². The molecule has 0 saturated heterocycles. The largest absolute Gasteiger partial charge is 0.308 e. The van der Waals surface area contributed by atoms with Crippen LogP contribution in [-0.4, -0.2) is 9.97 Å². The van der Waals surface area contributed by atoms with Crippen LogP contribution in [0.25, 0.3) is 10.7 Å². The van der Waals surface area contributed by atoms with E-state index in [-0.39, 0.29) is 5.41 Å². The number of thiophene rings is 1. The predicted octanol–water partition coefficient (Wildman–Crippen LogP) is 4.20. The molecule has 0 saturated carbocycles. The number of nitrogens with two attached hydrogens (primary N) is 1. The van der Waals surface area contributed by atoms with Gasteiger partial charge in [-0.25, -0.2) is 15.8 Å². The number of hydrazine groups is 1. The Morgan fingerprint density at radius 1 is 1.32 bits per heavy atom. The van der Waals surface area contributed by atoms with E-state index in [4.69, 9.17) is 17.4 Å². The van der Waals surface area contributed by atoms with E-state index in [0.717, 1.165) is 15.0 Å². The molecule has 0 amide bonds. The Morgan fingerprint density at radius 2 is 2.00 bits per heavy atom. The van der Waals surface area contributed by atoms with E-state index in [9.17, 15) is 0 Å². The third kappa shape index (κ3) is 3.25. The van der Waals surface area contributed by atoms with Gasteiger partial charge in [-0.2, -0.15) is 0 Å². The second kappa shape index (κ2) is 5.36. The average Bonchev–Trinajstić information content (AvgIpc) is 2.68. The van der Waals surface area contributed by atoms with E-state index < -0.39 is 0 Å². The van der Waals surface area contributed by atoms with Crippen LogP contribution in [0, 0.1) is 0 Å². The molecule has 2 heterocycles. The third-order valence-electron chi connectivity index (χ3n) is 2.51. The fraction of sp³-hybridized carbons (Fsp3) is 0.333. The van der Waals surface area contributed by atoms with Gasteiger partial charge in [0.05, 0.1) is 10.6 Å². The molecule has 0 radical (unpaired) electrons. The third-order valence-corrected chi connectivity index (χ3v) is 4.98. The number of rotatable bonds is 2. The SMILES string of the molecule is CC(C)(C)c1cc(NN)nc(-c2cc(Br)c(Cl)s2)n1. The molecular weight excluding hydrogens is 348 g/mol. The number of nitrogens with one attached hydrogen (secondary N) is 1. The maximum Gasteiger partial charge on any atom is 0.172 e. The molecule has 3 N–H and O–H groups in total. The summed E-state index contributed by atoms with van der Waals surface area (Å²) in [6.45, 7) is 6.28. The van der Waals surface area contributed by atoms with Crippen LogP contribution in [0.15, 0.2) is 16.6 Å². The van der Waals surface area contributed by atoms with Gasteiger partial charge in [0.25, 0.3) is 0 Å². The van der Waals surface area contributed by atoms with Crippen LogP contribution in [0.5, 0.6) is 0 Å². The molecule has 4 nitrogen and oxygen atoms in total. The molecule has 0 aliphatic carbocycles. The summed E-state index contributed by atoms with van der Waals surface area (Å²) in [7, 11) is 0. The molecule has 19 heavy (non-hydrogen) atoms. The number of halogens is 2. The van der Waals surface area contributed by atoms with E-state index in [1.165, 1.54) is 11.3 Å². The molecule has 0 aromatic carbocycles. The molecule has 7 heteroatoms. The van der Waals surface area contributed by atoms with Crippen LogP contribution in [0.2, 0.25) is 4.34 Å². The van der Waals surface area contributed by atoms with Crippen molar-refractivity contribution in [3.63, 3.8) is 0 Å². The van der Waals surface area contributed by atoms with Crippen molar-refractivity contribution in [3.05, 3.63) is 26.6 Å². The second-order valence-corrected chi connectivity index (χ2v) is 7.60. The molecule has 0 fully saturated rings. The predicted molar refractivity (Wildman–Crippen MR) is 84.6 cm³/mol. The first-order valence-corrected chi connectivity index (χ1v) is 7.61. The van der Waals surface area contributed by atoms with Gasteiger partial charge in [0.15, 0.2) is 5.82 Å². The average molecular weight is 362 g/mol. The van der Waals surface area contributed by atoms with Gasteiger partial charge in [0, 0.05) is 16.0 Å². The Morgan fingerprint density at radius 3 is 2.47 bits per heavy atom. The second-order valence-electron chi connectivity index (χ2n) is 5.09. The number of aromatic nitrogens is 2. The quantitative estimate of drug-likeness (QED) is 0.621. The van der Waals surface area contributed by atoms with Crippen LogP contribution in [0.3, 0.4) is 0 Å². The fourth-order valence-electron chi connectivity index (χ4n) is 1.47. The minimum Gasteiger partial charge on any atom is -0.308 e. The first-order valence-electron chi connectivity index (χ1n) is 5.62. The van der Waals surface area contributed by atoms with Crippen molar-refractivity contribution >= 4 is 44.7 Å². The summed E-state index contributed by atoms with van der Waals surface area (Å²) in [5.74, 6) is 6.69. The van der Waals surface area contributed by atoms with Crippen LogP contribution in [-0.2, 0) is 5.41 Å². The minimum atomic E-state index is -0.0818. The van der Waals surface area contributed by atoms with Gasteiger partial charge < -0.3 is 5.43 Å². The van der Waals surface area contributed by atoms with Crippen LogP contribution in [0.4, 0.5) is 5.82 Å². The summed E-state index contributed by atoms with van der Waals surface area (Å²) < 4.78 is 1.53. The molecule has 0 spiro atoms. The lowest BCUT2D eigenvalue weighted by atomic mass is 9.92. The van der Waals surface area contributed by atoms with Crippen molar-refractivity contribution in [2.45, 2.75) is 26.2 Å². The van der Waals surface area contributed by atoms with E-state index in [1.807, 2.05) is 12.1 Å². The molecule has 102 valence electrons. The standard InChI is InChI=1S/C12H14BrClN4S/c1-12(2,3)8-5-9(18-15)17-11(16-8)7-4-6(13)10(14)19-7/h4-5H,15H2,1-3H3,(H,16,17,18). The number of anilines is 1. The topological polar surface area (TPSA) is 63.8 Å². The molecule has 2 aromatic rings. The van der Waals surface area contributed by atoms with Gasteiger partial charge in [0.2, 0.25) is 0 Å². The van der Waals surface area contributed by atoms with E-state index in [2.05, 4.69) is 52.1 Å². The normalized spacial score (nSPS) is 11.7. The van der Waals surface area contributed by atoms with Gasteiger partial charge >= 0.3 is 0 Å². The van der Waals surface area contributed by atoms with Crippen molar-refractivity contribution in [2.24, 2.45) is 5.84 Å². The van der Waals surface area contributed by atoms with E-state index in [0.29, 0.717) is 16.0 Å². The van der Waals surface area contributed by atoms with E-state index >= 15 is 0 Å². The lowest BCUT2D eigenvalue weighted by molar-refractivity contribution is 0.568. The Bertz CT molecular complexity index is 587. The number of nitrogens with zero attached hydrogens (tertiary/aromatic N) is 2. The Hall–Kier alpha value is -0.690. The zero-order valence-corrected chi connectivity index (χ0v) is 13.9. The maximum atomic E-state index is 6.06. The van der Waals surface area contributed by atoms with Gasteiger partial charge in [0.1, 0.15) is 10.2 Å². The smallest absolute Gasteiger partial charge is 0.172 e. The van der Waals surface area contributed by atoms with Crippen molar-refractivity contribution in [2.75, 3.05) is 5.43 Å². The first kappa shape index (κ1) is 14.7. The zero-order chi connectivity index (χ0) is 14.2. The maximum absolute atomic E-state index is 6.06.